The van der Waals surface area contributed by atoms with Gasteiger partial charge in [-0.1, -0.05) is 0 Å². The van der Waals surface area contributed by atoms with Gasteiger partial charge in [0, 0.05) is 13.0 Å². The Kier molecular flexibility index (Phi) is 3.25. The van der Waals surface area contributed by atoms with Crippen molar-refractivity contribution in [3.63, 3.8) is 0 Å². The summed E-state index contributed by atoms with van der Waals surface area (Å²) < 4.78 is 7.80. The molecule has 0 atom stereocenters. The second-order valence-corrected chi connectivity index (χ2v) is 4.79. The molecule has 0 spiro atoms. The van der Waals surface area contributed by atoms with Crippen LogP contribution in [-0.2, 0) is 19.6 Å². The molecule has 1 aromatic carbocycles. The summed E-state index contributed by atoms with van der Waals surface area (Å²) in [6, 6.07) is 7.04. The molecule has 2 N–H and O–H groups in total. The van der Waals surface area contributed by atoms with E-state index in [-0.39, 0.29) is 0 Å². The zero-order valence-corrected chi connectivity index (χ0v) is 11.0. The smallest absolute Gasteiger partial charge is 0.171 e. The fourth-order valence-corrected chi connectivity index (χ4v) is 2.37. The molecule has 1 aromatic heterocycles. The minimum atomic E-state index is 0.336. The van der Waals surface area contributed by atoms with Crippen molar-refractivity contribution in [2.24, 2.45) is 0 Å². The van der Waals surface area contributed by atoms with Gasteiger partial charge in [0.15, 0.2) is 5.82 Å². The van der Waals surface area contributed by atoms with Crippen LogP contribution in [0.2, 0.25) is 0 Å². The molecule has 1 aliphatic rings. The van der Waals surface area contributed by atoms with E-state index in [1.54, 1.807) is 18.2 Å². The van der Waals surface area contributed by atoms with E-state index in [4.69, 9.17) is 15.7 Å². The first-order valence-electron chi connectivity index (χ1n) is 6.61. The highest BCUT2D eigenvalue weighted by Gasteiger charge is 2.16. The molecule has 0 bridgehead atoms. The lowest BCUT2D eigenvalue weighted by Crippen LogP contribution is -2.14. The summed E-state index contributed by atoms with van der Waals surface area (Å²) in [6.45, 7) is 1.28. The van der Waals surface area contributed by atoms with E-state index in [0.717, 1.165) is 31.0 Å². The number of nitrogens with zero attached hydrogens (tertiary/aromatic N) is 4. The number of nitrogens with two attached hydrogens (primary N) is 1. The molecule has 0 radical (unpaired) electrons. The maximum atomic E-state index is 8.80. The number of aromatic nitrogens is 3. The van der Waals surface area contributed by atoms with Crippen molar-refractivity contribution >= 4 is 5.69 Å². The second kappa shape index (κ2) is 5.21. The summed E-state index contributed by atoms with van der Waals surface area (Å²) in [5.41, 5.74) is 6.84. The van der Waals surface area contributed by atoms with Gasteiger partial charge in [0.05, 0.1) is 17.3 Å². The lowest BCUT2D eigenvalue weighted by Gasteiger charge is -2.15. The predicted octanol–water partition coefficient (Wildman–Crippen LogP) is 1.65. The van der Waals surface area contributed by atoms with Gasteiger partial charge in [0.25, 0.3) is 0 Å². The number of anilines is 1. The highest BCUT2D eigenvalue weighted by atomic mass is 16.5. The van der Waals surface area contributed by atoms with E-state index in [0.29, 0.717) is 23.6 Å². The van der Waals surface area contributed by atoms with Crippen LogP contribution in [0.5, 0.6) is 5.75 Å². The summed E-state index contributed by atoms with van der Waals surface area (Å²) in [4.78, 5) is 0. The van der Waals surface area contributed by atoms with Crippen molar-refractivity contribution < 1.29 is 4.74 Å². The van der Waals surface area contributed by atoms with Gasteiger partial charge >= 0.3 is 0 Å². The molecule has 1 aliphatic heterocycles. The van der Waals surface area contributed by atoms with Crippen molar-refractivity contribution in [3.8, 4) is 11.8 Å². The molecule has 0 fully saturated rings. The van der Waals surface area contributed by atoms with Crippen molar-refractivity contribution in [1.29, 1.82) is 5.26 Å². The number of ether oxygens (including phenoxy) is 1. The van der Waals surface area contributed by atoms with E-state index in [2.05, 4.69) is 14.8 Å². The molecule has 3 rings (SSSR count). The number of aryl methyl sites for hydroxylation is 1. The van der Waals surface area contributed by atoms with Crippen LogP contribution in [-0.4, -0.2) is 14.8 Å². The van der Waals surface area contributed by atoms with Crippen molar-refractivity contribution in [1.82, 2.24) is 14.8 Å². The highest BCUT2D eigenvalue weighted by Crippen LogP contribution is 2.23. The molecule has 2 heterocycles. The molecular formula is C14H15N5O. The van der Waals surface area contributed by atoms with Gasteiger partial charge in [-0.2, -0.15) is 5.26 Å². The highest BCUT2D eigenvalue weighted by molar-refractivity contribution is 5.56. The fraction of sp³-hybridized carbons (Fsp3) is 0.357. The summed E-state index contributed by atoms with van der Waals surface area (Å²) >= 11 is 0. The Hall–Kier alpha value is -2.55. The average Bonchev–Trinajstić information content (AvgIpc) is 2.89. The Labute approximate surface area is 116 Å². The summed E-state index contributed by atoms with van der Waals surface area (Å²) in [7, 11) is 0. The minimum absolute atomic E-state index is 0.336. The first kappa shape index (κ1) is 12.5. The molecule has 20 heavy (non-hydrogen) atoms. The summed E-state index contributed by atoms with van der Waals surface area (Å²) in [5.74, 6) is 2.42. The van der Waals surface area contributed by atoms with Crippen LogP contribution < -0.4 is 10.5 Å². The Bertz CT molecular complexity index is 671. The van der Waals surface area contributed by atoms with Crippen LogP contribution in [0.25, 0.3) is 0 Å². The van der Waals surface area contributed by atoms with Gasteiger partial charge in [-0.25, -0.2) is 0 Å². The maximum absolute atomic E-state index is 8.80. The van der Waals surface area contributed by atoms with Gasteiger partial charge in [-0.15, -0.1) is 10.2 Å². The van der Waals surface area contributed by atoms with Crippen LogP contribution in [0.3, 0.4) is 0 Å². The van der Waals surface area contributed by atoms with Crippen molar-refractivity contribution in [3.05, 3.63) is 35.4 Å². The van der Waals surface area contributed by atoms with Crippen LogP contribution in [0.4, 0.5) is 5.69 Å². The number of nitrogen functional groups attached to an aromatic ring is 1. The van der Waals surface area contributed by atoms with E-state index >= 15 is 0 Å². The Morgan fingerprint density at radius 1 is 1.35 bits per heavy atom. The molecule has 0 saturated carbocycles. The van der Waals surface area contributed by atoms with Gasteiger partial charge in [0.1, 0.15) is 18.2 Å². The first-order chi connectivity index (χ1) is 9.78. The lowest BCUT2D eigenvalue weighted by atomic mass is 10.2. The number of fused-ring (bicyclic) bond motifs is 1. The van der Waals surface area contributed by atoms with Gasteiger partial charge in [0.2, 0.25) is 0 Å². The number of rotatable bonds is 3. The predicted molar refractivity (Wildman–Crippen MR) is 72.9 cm³/mol. The minimum Gasteiger partial charge on any atom is -0.483 e. The second-order valence-electron chi connectivity index (χ2n) is 4.79. The molecule has 0 aliphatic carbocycles. The van der Waals surface area contributed by atoms with Gasteiger partial charge in [-0.3, -0.25) is 0 Å². The molecular weight excluding hydrogens is 254 g/mol. The molecule has 102 valence electrons. The Balaban J connectivity index is 1.74. The Morgan fingerprint density at radius 2 is 2.25 bits per heavy atom. The molecule has 2 aromatic rings. The third-order valence-electron chi connectivity index (χ3n) is 3.43. The van der Waals surface area contributed by atoms with Crippen LogP contribution >= 0.6 is 0 Å². The quantitative estimate of drug-likeness (QED) is 0.855. The fourth-order valence-electron chi connectivity index (χ4n) is 2.37. The normalized spacial score (nSPS) is 13.6. The van der Waals surface area contributed by atoms with Crippen LogP contribution in [0.15, 0.2) is 18.2 Å². The number of hydrogen-bond donors (Lipinski definition) is 1. The SMILES string of the molecule is N#Cc1ccc(OCc2nnc3n2CCCC3)c(N)c1. The van der Waals surface area contributed by atoms with E-state index in [1.165, 1.54) is 6.42 Å². The number of hydrogen-bond acceptors (Lipinski definition) is 5. The zero-order chi connectivity index (χ0) is 13.9. The molecule has 0 amide bonds. The van der Waals surface area contributed by atoms with Gasteiger partial charge < -0.3 is 15.0 Å². The van der Waals surface area contributed by atoms with Crippen molar-refractivity contribution in [2.45, 2.75) is 32.4 Å². The van der Waals surface area contributed by atoms with Crippen LogP contribution in [0, 0.1) is 11.3 Å². The van der Waals surface area contributed by atoms with E-state index in [1.807, 2.05) is 6.07 Å². The molecule has 6 heteroatoms. The third-order valence-corrected chi connectivity index (χ3v) is 3.43. The van der Waals surface area contributed by atoms with E-state index < -0.39 is 0 Å². The number of benzene rings is 1. The Morgan fingerprint density at radius 3 is 3.05 bits per heavy atom. The monoisotopic (exact) mass is 269 g/mol. The standard InChI is InChI=1S/C14H15N5O/c15-8-10-4-5-12(11(16)7-10)20-9-14-18-17-13-3-1-2-6-19(13)14/h4-5,7H,1-3,6,9,16H2. The summed E-state index contributed by atoms with van der Waals surface area (Å²) in [6.07, 6.45) is 3.30. The van der Waals surface area contributed by atoms with Gasteiger partial charge in [-0.05, 0) is 31.0 Å². The summed E-state index contributed by atoms with van der Waals surface area (Å²) in [5, 5.41) is 17.1. The lowest BCUT2D eigenvalue weighted by molar-refractivity contribution is 0.287. The zero-order valence-electron chi connectivity index (χ0n) is 11.0. The number of nitriles is 1. The van der Waals surface area contributed by atoms with E-state index in [9.17, 15) is 0 Å². The topological polar surface area (TPSA) is 89.8 Å². The molecule has 6 nitrogen and oxygen atoms in total. The first-order valence-corrected chi connectivity index (χ1v) is 6.61. The average molecular weight is 269 g/mol. The molecule has 0 saturated heterocycles. The van der Waals surface area contributed by atoms with Crippen molar-refractivity contribution in [2.75, 3.05) is 5.73 Å². The molecule has 0 unspecified atom stereocenters. The van der Waals surface area contributed by atoms with Crippen LogP contribution in [0.1, 0.15) is 30.1 Å². The maximum Gasteiger partial charge on any atom is 0.171 e. The largest absolute Gasteiger partial charge is 0.483 e. The third kappa shape index (κ3) is 2.30.